The van der Waals surface area contributed by atoms with Crippen molar-refractivity contribution in [2.24, 2.45) is 0 Å². The molecule has 6 rings (SSSR count). The number of anilines is 1. The number of carbonyl (C=O) groups excluding carboxylic acids is 2. The normalized spacial score (nSPS) is 13.2. The monoisotopic (exact) mass is 436 g/mol. The highest BCUT2D eigenvalue weighted by Crippen LogP contribution is 2.34. The van der Waals surface area contributed by atoms with Gasteiger partial charge in [0.1, 0.15) is 11.0 Å². The first-order valence-corrected chi connectivity index (χ1v) is 10.2. The third kappa shape index (κ3) is 2.93. The van der Waals surface area contributed by atoms with Crippen LogP contribution in [0.4, 0.5) is 5.69 Å². The zero-order chi connectivity index (χ0) is 22.7. The number of rotatable bonds is 3. The summed E-state index contributed by atoms with van der Waals surface area (Å²) in [6.07, 6.45) is 0. The van der Waals surface area contributed by atoms with E-state index < -0.39 is 0 Å². The molecule has 5 aromatic rings. The van der Waals surface area contributed by atoms with E-state index in [-0.39, 0.29) is 17.7 Å². The van der Waals surface area contributed by atoms with Gasteiger partial charge >= 0.3 is 0 Å². The second-order valence-electron chi connectivity index (χ2n) is 7.95. The molecule has 2 aromatic heterocycles. The van der Waals surface area contributed by atoms with Crippen LogP contribution >= 0.6 is 0 Å². The van der Waals surface area contributed by atoms with Gasteiger partial charge in [0.2, 0.25) is 5.82 Å². The van der Waals surface area contributed by atoms with Crippen molar-refractivity contribution in [3.05, 3.63) is 76.9 Å². The molecule has 9 heteroatoms. The number of aromatic amines is 1. The largest absolute Gasteiger partial charge is 0.334 e. The lowest BCUT2D eigenvalue weighted by molar-refractivity contribution is 0.0926. The zero-order valence-electron chi connectivity index (χ0n) is 17.7. The number of imide groups is 1. The van der Waals surface area contributed by atoms with E-state index in [1.54, 1.807) is 24.3 Å². The maximum absolute atomic E-state index is 13.2. The maximum atomic E-state index is 13.2. The van der Waals surface area contributed by atoms with Gasteiger partial charge in [-0.2, -0.15) is 20.4 Å². The van der Waals surface area contributed by atoms with Gasteiger partial charge in [0.15, 0.2) is 0 Å². The van der Waals surface area contributed by atoms with Gasteiger partial charge in [0.25, 0.3) is 17.7 Å². The van der Waals surface area contributed by atoms with Crippen molar-refractivity contribution in [2.75, 3.05) is 4.90 Å². The molecule has 3 aromatic carbocycles. The average Bonchev–Trinajstić information content (AvgIpc) is 3.54. The summed E-state index contributed by atoms with van der Waals surface area (Å²) >= 11 is 0. The summed E-state index contributed by atoms with van der Waals surface area (Å²) in [4.78, 5) is 31.9. The summed E-state index contributed by atoms with van der Waals surface area (Å²) in [5, 5.41) is 14.7. The van der Waals surface area contributed by atoms with Crippen molar-refractivity contribution in [3.63, 3.8) is 0 Å². The Bertz CT molecular complexity index is 1600. The predicted octanol–water partition coefficient (Wildman–Crippen LogP) is 4.09. The maximum Gasteiger partial charge on any atom is 0.266 e. The highest BCUT2D eigenvalue weighted by molar-refractivity contribution is 6.34. The van der Waals surface area contributed by atoms with Crippen molar-refractivity contribution >= 4 is 28.5 Å². The fourth-order valence-electron chi connectivity index (χ4n) is 3.99. The minimum atomic E-state index is -0.373. The molecule has 1 aliphatic rings. The van der Waals surface area contributed by atoms with Gasteiger partial charge in [-0.05, 0) is 67.4 Å². The Hall–Kier alpha value is -4.66. The first-order valence-electron chi connectivity index (χ1n) is 10.2. The first-order chi connectivity index (χ1) is 16.0. The first kappa shape index (κ1) is 19.1. The molecule has 0 atom stereocenters. The highest BCUT2D eigenvalue weighted by Gasteiger charge is 2.37. The number of H-pyrrole nitrogens is 1. The van der Waals surface area contributed by atoms with Crippen LogP contribution in [0.1, 0.15) is 31.8 Å². The Morgan fingerprint density at radius 2 is 1.61 bits per heavy atom. The molecule has 0 bridgehead atoms. The molecular formula is C24H16N6O3. The van der Waals surface area contributed by atoms with E-state index in [2.05, 4.69) is 25.6 Å². The number of aromatic nitrogens is 5. The van der Waals surface area contributed by atoms with E-state index in [0.29, 0.717) is 33.7 Å². The minimum absolute atomic E-state index is 0.249. The molecule has 0 aliphatic carbocycles. The van der Waals surface area contributed by atoms with Gasteiger partial charge in [0.05, 0.1) is 16.8 Å². The van der Waals surface area contributed by atoms with Crippen LogP contribution in [-0.4, -0.2) is 37.4 Å². The van der Waals surface area contributed by atoms with Crippen molar-refractivity contribution in [1.29, 1.82) is 0 Å². The fourth-order valence-corrected chi connectivity index (χ4v) is 3.99. The summed E-state index contributed by atoms with van der Waals surface area (Å²) in [6, 6.07) is 16.1. The molecule has 1 aliphatic heterocycles. The summed E-state index contributed by atoms with van der Waals surface area (Å²) in [7, 11) is 0. The SMILES string of the molecule is Cc1ccc(C)c(N2C(=O)c3ccc(-c4nc(-c5ccc6n[nH]nc6c5)no4)cc3C2=O)c1. The molecule has 2 amide bonds. The number of nitrogens with zero attached hydrogens (tertiary/aromatic N) is 5. The summed E-state index contributed by atoms with van der Waals surface area (Å²) in [5.74, 6) is -0.0857. The van der Waals surface area contributed by atoms with E-state index in [1.165, 1.54) is 4.90 Å². The molecule has 0 spiro atoms. The molecule has 0 unspecified atom stereocenters. The number of carbonyl (C=O) groups is 2. The van der Waals surface area contributed by atoms with Gasteiger partial charge in [-0.15, -0.1) is 0 Å². The number of fused-ring (bicyclic) bond motifs is 2. The molecule has 0 fully saturated rings. The van der Waals surface area contributed by atoms with Crippen LogP contribution in [0.15, 0.2) is 59.1 Å². The van der Waals surface area contributed by atoms with Crippen LogP contribution in [0, 0.1) is 13.8 Å². The Morgan fingerprint density at radius 3 is 2.48 bits per heavy atom. The Kier molecular flexibility index (Phi) is 4.00. The van der Waals surface area contributed by atoms with E-state index in [1.807, 2.05) is 44.2 Å². The predicted molar refractivity (Wildman–Crippen MR) is 120 cm³/mol. The second kappa shape index (κ2) is 6.92. The van der Waals surface area contributed by atoms with E-state index in [9.17, 15) is 9.59 Å². The van der Waals surface area contributed by atoms with Crippen molar-refractivity contribution in [2.45, 2.75) is 13.8 Å². The van der Waals surface area contributed by atoms with Crippen LogP contribution in [0.25, 0.3) is 33.9 Å². The summed E-state index contributed by atoms with van der Waals surface area (Å²) in [6.45, 7) is 3.80. The quantitative estimate of drug-likeness (QED) is 0.423. The third-order valence-corrected chi connectivity index (χ3v) is 5.74. The zero-order valence-corrected chi connectivity index (χ0v) is 17.7. The van der Waals surface area contributed by atoms with Crippen molar-refractivity contribution in [3.8, 4) is 22.8 Å². The molecule has 160 valence electrons. The van der Waals surface area contributed by atoms with Gasteiger partial charge in [-0.25, -0.2) is 4.90 Å². The average molecular weight is 436 g/mol. The van der Waals surface area contributed by atoms with Gasteiger partial charge in [-0.3, -0.25) is 9.59 Å². The van der Waals surface area contributed by atoms with Gasteiger partial charge in [0, 0.05) is 11.1 Å². The standard InChI is InChI=1S/C24H16N6O3/c1-12-3-4-13(2)20(9-12)30-23(31)16-7-5-15(10-17(16)24(30)32)22-25-21(28-33-22)14-6-8-18-19(11-14)27-29-26-18/h3-11H,1-2H3,(H,26,27,29). The molecule has 9 nitrogen and oxygen atoms in total. The van der Waals surface area contributed by atoms with Crippen LogP contribution < -0.4 is 4.90 Å². The summed E-state index contributed by atoms with van der Waals surface area (Å²) < 4.78 is 5.45. The van der Waals surface area contributed by atoms with Gasteiger partial charge in [-0.1, -0.05) is 17.3 Å². The topological polar surface area (TPSA) is 118 Å². The van der Waals surface area contributed by atoms with Crippen LogP contribution in [0.3, 0.4) is 0 Å². The van der Waals surface area contributed by atoms with Crippen molar-refractivity contribution in [1.82, 2.24) is 25.6 Å². The van der Waals surface area contributed by atoms with Crippen LogP contribution in [0.5, 0.6) is 0 Å². The molecule has 0 saturated carbocycles. The third-order valence-electron chi connectivity index (χ3n) is 5.74. The number of nitrogens with one attached hydrogen (secondary N) is 1. The number of aryl methyl sites for hydroxylation is 2. The lowest BCUT2D eigenvalue weighted by Crippen LogP contribution is -2.30. The van der Waals surface area contributed by atoms with Crippen LogP contribution in [0.2, 0.25) is 0 Å². The Balaban J connectivity index is 1.36. The Labute approximate surface area is 187 Å². The Morgan fingerprint density at radius 1 is 0.818 bits per heavy atom. The minimum Gasteiger partial charge on any atom is -0.334 e. The molecular weight excluding hydrogens is 420 g/mol. The molecule has 3 heterocycles. The number of benzene rings is 3. The molecule has 1 N–H and O–H groups in total. The summed E-state index contributed by atoms with van der Waals surface area (Å²) in [5.41, 5.74) is 5.76. The fraction of sp³-hybridized carbons (Fsp3) is 0.0833. The lowest BCUT2D eigenvalue weighted by atomic mass is 10.1. The van der Waals surface area contributed by atoms with Gasteiger partial charge < -0.3 is 4.52 Å². The lowest BCUT2D eigenvalue weighted by Gasteiger charge is -2.17. The van der Waals surface area contributed by atoms with E-state index in [0.717, 1.165) is 22.2 Å². The van der Waals surface area contributed by atoms with Crippen molar-refractivity contribution < 1.29 is 14.1 Å². The molecule has 33 heavy (non-hydrogen) atoms. The van der Waals surface area contributed by atoms with E-state index >= 15 is 0 Å². The highest BCUT2D eigenvalue weighted by atomic mass is 16.5. The molecule has 0 radical (unpaired) electrons. The number of amides is 2. The van der Waals surface area contributed by atoms with E-state index in [4.69, 9.17) is 4.52 Å². The second-order valence-corrected chi connectivity index (χ2v) is 7.95. The van der Waals surface area contributed by atoms with Crippen LogP contribution in [-0.2, 0) is 0 Å². The molecule has 0 saturated heterocycles. The number of hydrogen-bond acceptors (Lipinski definition) is 7. The number of hydrogen-bond donors (Lipinski definition) is 1. The smallest absolute Gasteiger partial charge is 0.266 e.